The molecule has 158 valence electrons. The molecular weight excluding hydrogens is 390 g/mol. The fraction of sp³-hybridized carbons (Fsp3) is 0.250. The first-order chi connectivity index (χ1) is 15.1. The van der Waals surface area contributed by atoms with Gasteiger partial charge in [-0.1, -0.05) is 24.3 Å². The molecule has 2 aromatic carbocycles. The molecule has 0 saturated carbocycles. The Kier molecular flexibility index (Phi) is 5.54. The summed E-state index contributed by atoms with van der Waals surface area (Å²) in [7, 11) is 1.63. The van der Waals surface area contributed by atoms with E-state index in [0.29, 0.717) is 11.5 Å². The maximum absolute atomic E-state index is 9.89. The number of aromatic nitrogens is 2. The van der Waals surface area contributed by atoms with Crippen LogP contribution in [0.15, 0.2) is 60.0 Å². The van der Waals surface area contributed by atoms with Crippen molar-refractivity contribution < 1.29 is 9.47 Å². The van der Waals surface area contributed by atoms with Gasteiger partial charge in [-0.25, -0.2) is 0 Å². The Labute approximate surface area is 181 Å². The lowest BCUT2D eigenvalue weighted by Crippen LogP contribution is -2.22. The molecule has 0 amide bonds. The lowest BCUT2D eigenvalue weighted by atomic mass is 9.83. The molecule has 0 unspecified atom stereocenters. The average molecular weight is 415 g/mol. The zero-order valence-electron chi connectivity index (χ0n) is 17.8. The third kappa shape index (κ3) is 3.57. The van der Waals surface area contributed by atoms with Gasteiger partial charge in [-0.2, -0.15) is 5.26 Å². The van der Waals surface area contributed by atoms with E-state index in [4.69, 9.17) is 15.2 Å². The zero-order valence-corrected chi connectivity index (χ0v) is 17.8. The summed E-state index contributed by atoms with van der Waals surface area (Å²) in [6, 6.07) is 18.2. The largest absolute Gasteiger partial charge is 0.497 e. The van der Waals surface area contributed by atoms with Crippen LogP contribution in [-0.4, -0.2) is 30.4 Å². The Bertz CT molecular complexity index is 1150. The van der Waals surface area contributed by atoms with Gasteiger partial charge in [-0.3, -0.25) is 5.10 Å². The fourth-order valence-electron chi connectivity index (χ4n) is 4.04. The molecule has 3 N–H and O–H groups in total. The van der Waals surface area contributed by atoms with Crippen molar-refractivity contribution in [2.75, 3.05) is 25.1 Å². The molecule has 1 atom stereocenters. The molecule has 1 aliphatic rings. The van der Waals surface area contributed by atoms with Crippen LogP contribution in [0.25, 0.3) is 11.3 Å². The van der Waals surface area contributed by atoms with Crippen LogP contribution in [0, 0.1) is 11.3 Å². The molecule has 1 aliphatic heterocycles. The van der Waals surface area contributed by atoms with Crippen LogP contribution >= 0.6 is 0 Å². The number of nitrogens with zero attached hydrogens (tertiary/aromatic N) is 3. The predicted molar refractivity (Wildman–Crippen MR) is 120 cm³/mol. The van der Waals surface area contributed by atoms with Crippen LogP contribution in [-0.2, 0) is 0 Å². The second-order valence-corrected chi connectivity index (χ2v) is 7.24. The van der Waals surface area contributed by atoms with Crippen molar-refractivity contribution in [1.82, 2.24) is 10.2 Å². The number of anilines is 1. The van der Waals surface area contributed by atoms with Gasteiger partial charge in [-0.05, 0) is 43.7 Å². The van der Waals surface area contributed by atoms with Crippen molar-refractivity contribution in [3.05, 3.63) is 71.1 Å². The van der Waals surface area contributed by atoms with Crippen LogP contribution in [0.5, 0.6) is 11.6 Å². The fourth-order valence-corrected chi connectivity index (χ4v) is 4.04. The van der Waals surface area contributed by atoms with E-state index in [-0.39, 0.29) is 11.8 Å². The molecule has 0 radical (unpaired) electrons. The van der Waals surface area contributed by atoms with Crippen molar-refractivity contribution in [3.63, 3.8) is 0 Å². The highest BCUT2D eigenvalue weighted by molar-refractivity contribution is 5.72. The SMILES string of the molecule is CCN(CC)c1ccc([C@@H]2C(C#N)=C(N)Oc3n[nH]c(-c4cccc(OC)c4)c32)cc1. The Balaban J connectivity index is 1.85. The van der Waals surface area contributed by atoms with E-state index in [9.17, 15) is 5.26 Å². The van der Waals surface area contributed by atoms with Crippen LogP contribution in [0.4, 0.5) is 5.69 Å². The number of nitriles is 1. The van der Waals surface area contributed by atoms with Gasteiger partial charge in [0.05, 0.1) is 24.3 Å². The highest BCUT2D eigenvalue weighted by atomic mass is 16.5. The van der Waals surface area contributed by atoms with E-state index in [1.807, 2.05) is 36.4 Å². The Hall–Kier alpha value is -3.92. The number of nitrogens with two attached hydrogens (primary N) is 1. The summed E-state index contributed by atoms with van der Waals surface area (Å²) in [6.45, 7) is 6.11. The normalized spacial score (nSPS) is 15.1. The minimum Gasteiger partial charge on any atom is -0.497 e. The smallest absolute Gasteiger partial charge is 0.244 e. The predicted octanol–water partition coefficient (Wildman–Crippen LogP) is 4.15. The second-order valence-electron chi connectivity index (χ2n) is 7.24. The van der Waals surface area contributed by atoms with Gasteiger partial charge in [0.1, 0.15) is 17.4 Å². The van der Waals surface area contributed by atoms with Gasteiger partial charge in [-0.15, -0.1) is 5.10 Å². The van der Waals surface area contributed by atoms with Crippen molar-refractivity contribution >= 4 is 5.69 Å². The third-order valence-corrected chi connectivity index (χ3v) is 5.65. The molecule has 1 aromatic heterocycles. The highest BCUT2D eigenvalue weighted by Gasteiger charge is 2.35. The van der Waals surface area contributed by atoms with E-state index >= 15 is 0 Å². The van der Waals surface area contributed by atoms with Crippen LogP contribution < -0.4 is 20.1 Å². The topological polar surface area (TPSA) is 100 Å². The van der Waals surface area contributed by atoms with Gasteiger partial charge in [0, 0.05) is 24.3 Å². The van der Waals surface area contributed by atoms with Crippen LogP contribution in [0.1, 0.15) is 30.9 Å². The second kappa shape index (κ2) is 8.44. The molecule has 0 spiro atoms. The average Bonchev–Trinajstić information content (AvgIpc) is 3.23. The minimum absolute atomic E-state index is 0.0801. The summed E-state index contributed by atoms with van der Waals surface area (Å²) < 4.78 is 11.1. The monoisotopic (exact) mass is 415 g/mol. The zero-order chi connectivity index (χ0) is 22.0. The highest BCUT2D eigenvalue weighted by Crippen LogP contribution is 2.46. The van der Waals surface area contributed by atoms with Gasteiger partial charge >= 0.3 is 0 Å². The summed E-state index contributed by atoms with van der Waals surface area (Å²) in [4.78, 5) is 2.27. The van der Waals surface area contributed by atoms with Crippen molar-refractivity contribution in [2.45, 2.75) is 19.8 Å². The Morgan fingerprint density at radius 2 is 1.94 bits per heavy atom. The number of nitrogens with one attached hydrogen (secondary N) is 1. The van der Waals surface area contributed by atoms with E-state index in [2.05, 4.69) is 47.1 Å². The number of methoxy groups -OCH3 is 1. The molecule has 0 fully saturated rings. The quantitative estimate of drug-likeness (QED) is 0.627. The number of H-pyrrole nitrogens is 1. The summed E-state index contributed by atoms with van der Waals surface area (Å²) in [5.41, 5.74) is 11.0. The van der Waals surface area contributed by atoms with E-state index in [0.717, 1.165) is 46.9 Å². The summed E-state index contributed by atoms with van der Waals surface area (Å²) in [5, 5.41) is 17.3. The molecule has 7 heteroatoms. The number of rotatable bonds is 6. The minimum atomic E-state index is -0.389. The maximum Gasteiger partial charge on any atom is 0.244 e. The Morgan fingerprint density at radius 3 is 2.58 bits per heavy atom. The number of allylic oxidation sites excluding steroid dienone is 1. The summed E-state index contributed by atoms with van der Waals surface area (Å²) in [6.07, 6.45) is 0. The molecule has 3 aromatic rings. The lowest BCUT2D eigenvalue weighted by Gasteiger charge is -2.25. The molecule has 31 heavy (non-hydrogen) atoms. The maximum atomic E-state index is 9.89. The first kappa shape index (κ1) is 20.4. The van der Waals surface area contributed by atoms with Gasteiger partial charge < -0.3 is 20.1 Å². The molecule has 4 rings (SSSR count). The van der Waals surface area contributed by atoms with Crippen molar-refractivity contribution in [1.29, 1.82) is 5.26 Å². The van der Waals surface area contributed by atoms with Crippen LogP contribution in [0.3, 0.4) is 0 Å². The van der Waals surface area contributed by atoms with Gasteiger partial charge in [0.2, 0.25) is 11.8 Å². The summed E-state index contributed by atoms with van der Waals surface area (Å²) >= 11 is 0. The Morgan fingerprint density at radius 1 is 1.19 bits per heavy atom. The summed E-state index contributed by atoms with van der Waals surface area (Å²) in [5.74, 6) is 0.802. The molecule has 0 saturated heterocycles. The first-order valence-corrected chi connectivity index (χ1v) is 10.3. The van der Waals surface area contributed by atoms with Gasteiger partial charge in [0.25, 0.3) is 0 Å². The number of ether oxygens (including phenoxy) is 2. The molecule has 0 bridgehead atoms. The van der Waals surface area contributed by atoms with E-state index < -0.39 is 0 Å². The van der Waals surface area contributed by atoms with Crippen LogP contribution in [0.2, 0.25) is 0 Å². The first-order valence-electron chi connectivity index (χ1n) is 10.3. The number of benzene rings is 2. The molecule has 7 nitrogen and oxygen atoms in total. The van der Waals surface area contributed by atoms with Crippen molar-refractivity contribution in [3.8, 4) is 29.0 Å². The number of hydrogen-bond acceptors (Lipinski definition) is 6. The third-order valence-electron chi connectivity index (χ3n) is 5.65. The lowest BCUT2D eigenvalue weighted by molar-refractivity contribution is 0.379. The molecule has 0 aliphatic carbocycles. The number of aromatic amines is 1. The molecule has 2 heterocycles. The standard InChI is InChI=1S/C24H25N5O2/c1-4-29(5-2)17-11-9-15(10-12-17)20-19(14-25)23(26)31-24-21(20)22(27-28-24)16-7-6-8-18(13-16)30-3/h6-13,20H,4-5,26H2,1-3H3,(H,27,28)/t20-/m1/s1. The van der Waals surface area contributed by atoms with E-state index in [1.54, 1.807) is 7.11 Å². The number of hydrogen-bond donors (Lipinski definition) is 2. The molecular formula is C24H25N5O2. The number of fused-ring (bicyclic) bond motifs is 1. The van der Waals surface area contributed by atoms with Crippen molar-refractivity contribution in [2.24, 2.45) is 5.73 Å². The van der Waals surface area contributed by atoms with E-state index in [1.165, 1.54) is 0 Å². The van der Waals surface area contributed by atoms with Gasteiger partial charge in [0.15, 0.2) is 0 Å².